The number of benzene rings is 1. The third-order valence-corrected chi connectivity index (χ3v) is 2.70. The summed E-state index contributed by atoms with van der Waals surface area (Å²) in [6.07, 6.45) is 0. The predicted octanol–water partition coefficient (Wildman–Crippen LogP) is -0.128. The Labute approximate surface area is 131 Å². The second-order valence-electron chi connectivity index (χ2n) is 2.60. The first kappa shape index (κ1) is 15.1. The zero-order valence-electron chi connectivity index (χ0n) is 7.43. The van der Waals surface area contributed by atoms with E-state index in [0.717, 1.165) is 6.92 Å². The van der Waals surface area contributed by atoms with Crippen LogP contribution in [0.2, 0.25) is 0 Å². The molecule has 0 aliphatic carbocycles. The van der Waals surface area contributed by atoms with Crippen molar-refractivity contribution in [3.63, 3.8) is 0 Å². The second-order valence-corrected chi connectivity index (χ2v) is 4.14. The Hall–Kier alpha value is 0.0764. The number of nitrogens with two attached hydrogens (primary N) is 1. The zero-order chi connectivity index (χ0) is 10.8. The first-order valence-electron chi connectivity index (χ1n) is 3.72. The van der Waals surface area contributed by atoms with Gasteiger partial charge in [-0.3, -0.25) is 4.79 Å². The first-order chi connectivity index (χ1) is 6.42. The maximum absolute atomic E-state index is 11.3. The van der Waals surface area contributed by atoms with Gasteiger partial charge in [-0.2, -0.15) is 8.42 Å². The van der Waals surface area contributed by atoms with E-state index in [1.54, 1.807) is 0 Å². The standard InChI is InChI=1S/C8H9NO4S.K.H/c1-6(10)13-14(11,12)8-4-2-7(9)3-5-8;;/h2-5H,9H2,1H3;;. The van der Waals surface area contributed by atoms with E-state index in [9.17, 15) is 13.2 Å². The molecule has 0 fully saturated rings. The second kappa shape index (κ2) is 5.97. The summed E-state index contributed by atoms with van der Waals surface area (Å²) in [5.74, 6) is -0.873. The minimum absolute atomic E-state index is 0. The van der Waals surface area contributed by atoms with Crippen LogP contribution in [0.15, 0.2) is 29.2 Å². The van der Waals surface area contributed by atoms with Crippen molar-refractivity contribution in [2.24, 2.45) is 0 Å². The molecule has 1 aromatic rings. The van der Waals surface area contributed by atoms with Crippen molar-refractivity contribution < 1.29 is 17.4 Å². The van der Waals surface area contributed by atoms with Crippen LogP contribution >= 0.6 is 0 Å². The molecule has 15 heavy (non-hydrogen) atoms. The van der Waals surface area contributed by atoms with Gasteiger partial charge in [-0.05, 0) is 24.3 Å². The predicted molar refractivity (Wildman–Crippen MR) is 57.0 cm³/mol. The monoisotopic (exact) mass is 255 g/mol. The van der Waals surface area contributed by atoms with Gasteiger partial charge in [-0.1, -0.05) is 0 Å². The van der Waals surface area contributed by atoms with Gasteiger partial charge in [0.2, 0.25) is 0 Å². The molecule has 78 valence electrons. The molecule has 0 bridgehead atoms. The van der Waals surface area contributed by atoms with Crippen molar-refractivity contribution in [2.75, 3.05) is 5.73 Å². The summed E-state index contributed by atoms with van der Waals surface area (Å²) in [5, 5.41) is 0. The molecule has 0 saturated carbocycles. The number of hydrogen-bond donors (Lipinski definition) is 1. The fraction of sp³-hybridized carbons (Fsp3) is 0.125. The summed E-state index contributed by atoms with van der Waals surface area (Å²) < 4.78 is 26.7. The number of anilines is 1. The molecule has 5 nitrogen and oxygen atoms in total. The number of carbonyl (C=O) groups is 1. The van der Waals surface area contributed by atoms with Gasteiger partial charge in [-0.25, -0.2) is 0 Å². The first-order valence-corrected chi connectivity index (χ1v) is 5.13. The SMILES string of the molecule is CC(=O)OS(=O)(=O)c1ccc(N)cc1.[KH]. The van der Waals surface area contributed by atoms with Crippen LogP contribution in [-0.2, 0) is 19.1 Å². The van der Waals surface area contributed by atoms with Crippen LogP contribution in [0.4, 0.5) is 5.69 Å². The molecule has 0 heterocycles. The number of nitrogen functional groups attached to an aromatic ring is 1. The van der Waals surface area contributed by atoms with Gasteiger partial charge in [0.05, 0.1) is 0 Å². The molecular weight excluding hydrogens is 245 g/mol. The van der Waals surface area contributed by atoms with Crippen LogP contribution in [0.1, 0.15) is 6.92 Å². The van der Waals surface area contributed by atoms with Gasteiger partial charge in [0, 0.05) is 12.6 Å². The third-order valence-electron chi connectivity index (χ3n) is 1.40. The average Bonchev–Trinajstić information content (AvgIpc) is 2.02. The van der Waals surface area contributed by atoms with E-state index < -0.39 is 16.1 Å². The summed E-state index contributed by atoms with van der Waals surface area (Å²) in [4.78, 5) is 10.4. The molecule has 1 aromatic carbocycles. The van der Waals surface area contributed by atoms with Crippen molar-refractivity contribution in [3.8, 4) is 0 Å². The van der Waals surface area contributed by atoms with Crippen molar-refractivity contribution in [3.05, 3.63) is 24.3 Å². The Morgan fingerprint density at radius 1 is 1.27 bits per heavy atom. The number of hydrogen-bond acceptors (Lipinski definition) is 5. The van der Waals surface area contributed by atoms with Gasteiger partial charge in [0.25, 0.3) is 0 Å². The van der Waals surface area contributed by atoms with E-state index in [1.165, 1.54) is 24.3 Å². The van der Waals surface area contributed by atoms with E-state index in [2.05, 4.69) is 4.18 Å². The van der Waals surface area contributed by atoms with Crippen molar-refractivity contribution in [1.82, 2.24) is 0 Å². The molecule has 0 radical (unpaired) electrons. The van der Waals surface area contributed by atoms with Crippen LogP contribution in [0.25, 0.3) is 0 Å². The molecule has 1 rings (SSSR count). The molecule has 0 amide bonds. The Balaban J connectivity index is 0.00000196. The Kier molecular flexibility index (Phi) is 6.00. The van der Waals surface area contributed by atoms with Crippen LogP contribution in [0.3, 0.4) is 0 Å². The minimum atomic E-state index is -3.98. The topological polar surface area (TPSA) is 86.5 Å². The van der Waals surface area contributed by atoms with Gasteiger partial charge in [0.1, 0.15) is 4.90 Å². The molecule has 0 unspecified atom stereocenters. The molecule has 0 saturated heterocycles. The van der Waals surface area contributed by atoms with Gasteiger partial charge in [-0.15, -0.1) is 0 Å². The van der Waals surface area contributed by atoms with E-state index in [0.29, 0.717) is 5.69 Å². The molecule has 0 spiro atoms. The van der Waals surface area contributed by atoms with Gasteiger partial charge >= 0.3 is 67.5 Å². The van der Waals surface area contributed by atoms with Crippen LogP contribution in [0, 0.1) is 0 Å². The van der Waals surface area contributed by atoms with Crippen LogP contribution in [-0.4, -0.2) is 65.8 Å². The normalized spacial score (nSPS) is 10.2. The number of carbonyl (C=O) groups excluding carboxylic acids is 1. The van der Waals surface area contributed by atoms with Crippen molar-refractivity contribution in [1.29, 1.82) is 0 Å². The molecule has 7 heteroatoms. The summed E-state index contributed by atoms with van der Waals surface area (Å²) in [6, 6.07) is 5.37. The van der Waals surface area contributed by atoms with Gasteiger partial charge in [0.15, 0.2) is 0 Å². The molecule has 0 aromatic heterocycles. The van der Waals surface area contributed by atoms with E-state index >= 15 is 0 Å². The molecule has 0 aliphatic rings. The van der Waals surface area contributed by atoms with E-state index in [1.807, 2.05) is 0 Å². The zero-order valence-corrected chi connectivity index (χ0v) is 8.24. The van der Waals surface area contributed by atoms with Gasteiger partial charge < -0.3 is 9.92 Å². The fourth-order valence-electron chi connectivity index (χ4n) is 0.837. The number of rotatable bonds is 2. The molecular formula is C8H10KNO4S. The van der Waals surface area contributed by atoms with Crippen molar-refractivity contribution >= 4 is 73.2 Å². The molecule has 0 aliphatic heterocycles. The maximum atomic E-state index is 11.3. The third kappa shape index (κ3) is 4.62. The quantitative estimate of drug-likeness (QED) is 0.452. The Morgan fingerprint density at radius 2 is 1.73 bits per heavy atom. The molecule has 2 N–H and O–H groups in total. The fourth-order valence-corrected chi connectivity index (χ4v) is 1.71. The van der Waals surface area contributed by atoms with E-state index in [-0.39, 0.29) is 56.3 Å². The summed E-state index contributed by atoms with van der Waals surface area (Å²) in [5.41, 5.74) is 5.81. The van der Waals surface area contributed by atoms with Crippen LogP contribution in [0.5, 0.6) is 0 Å². The molecule has 0 atom stereocenters. The Morgan fingerprint density at radius 3 is 2.13 bits per heavy atom. The van der Waals surface area contributed by atoms with Crippen molar-refractivity contribution in [2.45, 2.75) is 11.8 Å². The average molecular weight is 255 g/mol. The summed E-state index contributed by atoms with van der Waals surface area (Å²) in [7, 11) is -3.98. The summed E-state index contributed by atoms with van der Waals surface area (Å²) in [6.45, 7) is 1.02. The Bertz CT molecular complexity index is 440. The van der Waals surface area contributed by atoms with E-state index in [4.69, 9.17) is 5.73 Å². The summed E-state index contributed by atoms with van der Waals surface area (Å²) >= 11 is 0. The van der Waals surface area contributed by atoms with Crippen LogP contribution < -0.4 is 5.73 Å².